The van der Waals surface area contributed by atoms with Gasteiger partial charge in [-0.2, -0.15) is 0 Å². The Kier molecular flexibility index (Phi) is 5.80. The Morgan fingerprint density at radius 2 is 1.11 bits per heavy atom. The summed E-state index contributed by atoms with van der Waals surface area (Å²) in [5.74, 6) is -0.778. The van der Waals surface area contributed by atoms with Crippen LogP contribution in [0.3, 0.4) is 0 Å². The maximum Gasteiger partial charge on any atom is 0.337 e. The zero-order valence-electron chi connectivity index (χ0n) is 15.4. The van der Waals surface area contributed by atoms with Crippen molar-refractivity contribution in [2.45, 2.75) is 0 Å². The van der Waals surface area contributed by atoms with Crippen molar-refractivity contribution >= 4 is 33.6 Å². The quantitative estimate of drug-likeness (QED) is 0.460. The normalized spacial score (nSPS) is 10.4. The van der Waals surface area contributed by atoms with Crippen LogP contribution in [0.1, 0.15) is 20.7 Å². The van der Waals surface area contributed by atoms with Gasteiger partial charge in [-0.15, -0.1) is 0 Å². The van der Waals surface area contributed by atoms with Gasteiger partial charge in [0.1, 0.15) is 0 Å². The van der Waals surface area contributed by atoms with Crippen LogP contribution in [0.15, 0.2) is 65.1 Å². The van der Waals surface area contributed by atoms with Gasteiger partial charge in [-0.25, -0.2) is 9.59 Å². The molecule has 3 aromatic carbocycles. The molecule has 3 rings (SSSR count). The third-order valence-electron chi connectivity index (χ3n) is 4.38. The van der Waals surface area contributed by atoms with E-state index in [1.165, 1.54) is 14.2 Å². The summed E-state index contributed by atoms with van der Waals surface area (Å²) in [6.45, 7) is 0. The summed E-state index contributed by atoms with van der Waals surface area (Å²) in [4.78, 5) is 23.3. The van der Waals surface area contributed by atoms with Crippen LogP contribution in [0.5, 0.6) is 0 Å². The number of carbonyl (C=O) groups is 2. The van der Waals surface area contributed by atoms with Crippen LogP contribution in [0.4, 0.5) is 5.69 Å². The average Bonchev–Trinajstić information content (AvgIpc) is 2.74. The van der Waals surface area contributed by atoms with Gasteiger partial charge in [0.05, 0.1) is 25.3 Å². The number of esters is 2. The van der Waals surface area contributed by atoms with Crippen molar-refractivity contribution in [1.82, 2.24) is 0 Å². The van der Waals surface area contributed by atoms with Crippen molar-refractivity contribution in [3.8, 4) is 22.3 Å². The molecule has 0 radical (unpaired) electrons. The lowest BCUT2D eigenvalue weighted by atomic mass is 9.95. The molecule has 2 N–H and O–H groups in total. The third-order valence-corrected chi connectivity index (χ3v) is 4.84. The van der Waals surface area contributed by atoms with Crippen LogP contribution in [0, 0.1) is 0 Å². The molecule has 0 spiro atoms. The standard InChI is InChI=1S/C22H18BrNO4/c1-27-21(25)15-7-3-13(4-8-15)18-11-17(23)12-19(20(18)24)14-5-9-16(10-6-14)22(26)28-2/h3-12H,24H2,1-2H3. The maximum absolute atomic E-state index is 11.6. The lowest BCUT2D eigenvalue weighted by molar-refractivity contribution is 0.0592. The van der Waals surface area contributed by atoms with Crippen molar-refractivity contribution < 1.29 is 19.1 Å². The van der Waals surface area contributed by atoms with Crippen LogP contribution >= 0.6 is 15.9 Å². The fourth-order valence-electron chi connectivity index (χ4n) is 2.90. The zero-order chi connectivity index (χ0) is 20.3. The largest absolute Gasteiger partial charge is 0.465 e. The number of halogens is 1. The Hall–Kier alpha value is -3.12. The lowest BCUT2D eigenvalue weighted by Crippen LogP contribution is -2.01. The minimum atomic E-state index is -0.389. The van der Waals surface area contributed by atoms with Crippen LogP contribution in [-0.4, -0.2) is 26.2 Å². The molecule has 0 aliphatic carbocycles. The highest BCUT2D eigenvalue weighted by atomic mass is 79.9. The number of rotatable bonds is 4. The van der Waals surface area contributed by atoms with Gasteiger partial charge in [0.2, 0.25) is 0 Å². The van der Waals surface area contributed by atoms with E-state index < -0.39 is 0 Å². The predicted octanol–water partition coefficient (Wildman–Crippen LogP) is 4.94. The summed E-state index contributed by atoms with van der Waals surface area (Å²) in [5.41, 5.74) is 11.4. The lowest BCUT2D eigenvalue weighted by Gasteiger charge is -2.14. The van der Waals surface area contributed by atoms with E-state index in [0.29, 0.717) is 16.8 Å². The molecule has 28 heavy (non-hydrogen) atoms. The van der Waals surface area contributed by atoms with Gasteiger partial charge in [0.15, 0.2) is 0 Å². The second-order valence-corrected chi connectivity index (χ2v) is 6.97. The number of ether oxygens (including phenoxy) is 2. The molecular weight excluding hydrogens is 422 g/mol. The van der Waals surface area contributed by atoms with Gasteiger partial charge in [-0.1, -0.05) is 40.2 Å². The molecule has 142 valence electrons. The molecule has 0 aliphatic heterocycles. The summed E-state index contributed by atoms with van der Waals surface area (Å²) in [5, 5.41) is 0. The second kappa shape index (κ2) is 8.27. The number of nitrogen functional groups attached to an aromatic ring is 1. The first-order valence-electron chi connectivity index (χ1n) is 8.41. The Morgan fingerprint density at radius 3 is 1.43 bits per heavy atom. The van der Waals surface area contributed by atoms with Gasteiger partial charge in [-0.3, -0.25) is 0 Å². The fraction of sp³-hybridized carbons (Fsp3) is 0.0909. The molecule has 0 amide bonds. The summed E-state index contributed by atoms with van der Waals surface area (Å²) in [6.07, 6.45) is 0. The Morgan fingerprint density at radius 1 is 0.750 bits per heavy atom. The SMILES string of the molecule is COC(=O)c1ccc(-c2cc(Br)cc(-c3ccc(C(=O)OC)cc3)c2N)cc1. The van der Waals surface area contributed by atoms with E-state index in [2.05, 4.69) is 15.9 Å². The summed E-state index contributed by atoms with van der Waals surface area (Å²) >= 11 is 3.54. The molecule has 0 atom stereocenters. The number of benzene rings is 3. The van der Waals surface area contributed by atoms with Crippen molar-refractivity contribution in [3.63, 3.8) is 0 Å². The molecule has 0 saturated heterocycles. The van der Waals surface area contributed by atoms with Crippen molar-refractivity contribution in [2.75, 3.05) is 20.0 Å². The van der Waals surface area contributed by atoms with E-state index in [1.54, 1.807) is 24.3 Å². The molecular formula is C22H18BrNO4. The number of anilines is 1. The van der Waals surface area contributed by atoms with Gasteiger partial charge in [-0.05, 0) is 47.5 Å². The van der Waals surface area contributed by atoms with Crippen LogP contribution in [-0.2, 0) is 9.47 Å². The van der Waals surface area contributed by atoms with E-state index in [9.17, 15) is 9.59 Å². The first-order chi connectivity index (χ1) is 13.4. The van der Waals surface area contributed by atoms with Gasteiger partial charge < -0.3 is 15.2 Å². The highest BCUT2D eigenvalue weighted by Gasteiger charge is 2.13. The number of hydrogen-bond donors (Lipinski definition) is 1. The Balaban J connectivity index is 2.03. The number of methoxy groups -OCH3 is 2. The van der Waals surface area contributed by atoms with E-state index in [1.807, 2.05) is 36.4 Å². The summed E-state index contributed by atoms with van der Waals surface area (Å²) in [7, 11) is 2.70. The van der Waals surface area contributed by atoms with E-state index in [0.717, 1.165) is 26.7 Å². The molecule has 0 saturated carbocycles. The monoisotopic (exact) mass is 439 g/mol. The first kappa shape index (κ1) is 19.6. The van der Waals surface area contributed by atoms with Gasteiger partial charge >= 0.3 is 11.9 Å². The molecule has 0 aromatic heterocycles. The number of carbonyl (C=O) groups excluding carboxylic acids is 2. The predicted molar refractivity (Wildman–Crippen MR) is 112 cm³/mol. The molecule has 0 unspecified atom stereocenters. The van der Waals surface area contributed by atoms with Crippen molar-refractivity contribution in [1.29, 1.82) is 0 Å². The minimum Gasteiger partial charge on any atom is -0.465 e. The molecule has 3 aromatic rings. The van der Waals surface area contributed by atoms with Crippen molar-refractivity contribution in [2.24, 2.45) is 0 Å². The Bertz CT molecular complexity index is 947. The number of hydrogen-bond acceptors (Lipinski definition) is 5. The topological polar surface area (TPSA) is 78.6 Å². The smallest absolute Gasteiger partial charge is 0.337 e. The average molecular weight is 440 g/mol. The highest BCUT2D eigenvalue weighted by molar-refractivity contribution is 9.10. The van der Waals surface area contributed by atoms with Gasteiger partial charge in [0.25, 0.3) is 0 Å². The molecule has 0 aliphatic rings. The van der Waals surface area contributed by atoms with Gasteiger partial charge in [0, 0.05) is 21.3 Å². The number of nitrogens with two attached hydrogens (primary N) is 1. The summed E-state index contributed by atoms with van der Waals surface area (Å²) < 4.78 is 10.3. The van der Waals surface area contributed by atoms with E-state index >= 15 is 0 Å². The molecule has 5 nitrogen and oxygen atoms in total. The van der Waals surface area contributed by atoms with Crippen LogP contribution in [0.25, 0.3) is 22.3 Å². The molecule has 6 heteroatoms. The third kappa shape index (κ3) is 3.92. The first-order valence-corrected chi connectivity index (χ1v) is 9.20. The van der Waals surface area contributed by atoms with E-state index in [-0.39, 0.29) is 11.9 Å². The fourth-order valence-corrected chi connectivity index (χ4v) is 3.36. The summed E-state index contributed by atoms with van der Waals surface area (Å²) in [6, 6.07) is 18.0. The Labute approximate surface area is 171 Å². The van der Waals surface area contributed by atoms with Crippen LogP contribution in [0.2, 0.25) is 0 Å². The maximum atomic E-state index is 11.6. The minimum absolute atomic E-state index is 0.389. The molecule has 0 bridgehead atoms. The highest BCUT2D eigenvalue weighted by Crippen LogP contribution is 2.38. The molecule has 0 fully saturated rings. The second-order valence-electron chi connectivity index (χ2n) is 6.05. The van der Waals surface area contributed by atoms with Crippen LogP contribution < -0.4 is 5.73 Å². The van der Waals surface area contributed by atoms with Crippen molar-refractivity contribution in [3.05, 3.63) is 76.3 Å². The molecule has 0 heterocycles. The van der Waals surface area contributed by atoms with E-state index in [4.69, 9.17) is 15.2 Å². The zero-order valence-corrected chi connectivity index (χ0v) is 16.9.